The van der Waals surface area contributed by atoms with Gasteiger partial charge in [-0.1, -0.05) is 5.92 Å². The third kappa shape index (κ3) is 7.35. The van der Waals surface area contributed by atoms with Crippen LogP contribution in [-0.4, -0.2) is 30.9 Å². The van der Waals surface area contributed by atoms with Gasteiger partial charge in [0.15, 0.2) is 0 Å². The Hall–Kier alpha value is -0.760. The molecule has 0 rings (SSSR count). The highest BCUT2D eigenvalue weighted by Gasteiger charge is 2.03. The maximum absolute atomic E-state index is 10.9. The third-order valence-corrected chi connectivity index (χ3v) is 1.11. The summed E-state index contributed by atoms with van der Waals surface area (Å²) < 4.78 is 0. The Bertz CT molecular complexity index is 155. The smallest absolute Gasteiger partial charge is 0.224 e. The van der Waals surface area contributed by atoms with Gasteiger partial charge in [0.2, 0.25) is 5.91 Å². The Morgan fingerprint density at radius 1 is 1.67 bits per heavy atom. The first-order chi connectivity index (χ1) is 4.72. The Balaban J connectivity index is -0.000000405. The highest BCUT2D eigenvalue weighted by Crippen LogP contribution is 1.86. The van der Waals surface area contributed by atoms with E-state index in [-0.39, 0.29) is 24.5 Å². The molecule has 72 valence electrons. The van der Waals surface area contributed by atoms with Gasteiger partial charge < -0.3 is 16.8 Å². The van der Waals surface area contributed by atoms with E-state index < -0.39 is 0 Å². The molecule has 0 spiro atoms. The first kappa shape index (κ1) is 17.4. The van der Waals surface area contributed by atoms with Gasteiger partial charge >= 0.3 is 0 Å². The second kappa shape index (κ2) is 10.2. The van der Waals surface area contributed by atoms with Gasteiger partial charge in [-0.25, -0.2) is 0 Å². The van der Waals surface area contributed by atoms with Gasteiger partial charge in [-0.15, -0.1) is 18.8 Å². The van der Waals surface area contributed by atoms with E-state index in [0.29, 0.717) is 19.5 Å². The predicted octanol–water partition coefficient (Wildman–Crippen LogP) is 0.0106. The molecule has 0 aliphatic heterocycles. The maximum Gasteiger partial charge on any atom is 0.224 e. The van der Waals surface area contributed by atoms with Crippen molar-refractivity contribution in [1.29, 1.82) is 0 Å². The predicted molar refractivity (Wildman–Crippen MR) is 52.4 cm³/mol. The second-order valence-electron chi connectivity index (χ2n) is 1.99. The lowest BCUT2D eigenvalue weighted by Gasteiger charge is -2.12. The number of hydrogen-bond acceptors (Lipinski definition) is 3. The number of nitrogens with zero attached hydrogens (tertiary/aromatic N) is 1. The normalized spacial score (nSPS) is 7.08. The van der Waals surface area contributed by atoms with Gasteiger partial charge in [0.25, 0.3) is 0 Å². The average Bonchev–Trinajstić information content (AvgIpc) is 1.89. The minimum Gasteiger partial charge on any atom is -0.344 e. The summed E-state index contributed by atoms with van der Waals surface area (Å²) in [6.45, 7) is 0.743. The average molecular weight is 194 g/mol. The molecule has 0 radical (unpaired) electrons. The van der Waals surface area contributed by atoms with E-state index in [1.54, 1.807) is 7.05 Å². The van der Waals surface area contributed by atoms with Crippen LogP contribution in [0.1, 0.15) is 6.42 Å². The molecular weight excluding hydrogens is 178 g/mol. The highest BCUT2D eigenvalue weighted by atomic mass is 35.5. The van der Waals surface area contributed by atoms with Crippen molar-refractivity contribution in [2.75, 3.05) is 20.1 Å². The lowest BCUT2D eigenvalue weighted by molar-refractivity contribution is -0.129. The van der Waals surface area contributed by atoms with Crippen molar-refractivity contribution >= 4 is 18.3 Å². The molecular formula is C7H16ClN3O. The van der Waals surface area contributed by atoms with Crippen LogP contribution in [0.25, 0.3) is 0 Å². The zero-order valence-electron chi connectivity index (χ0n) is 7.25. The van der Waals surface area contributed by atoms with Gasteiger partial charge in [0.05, 0.1) is 6.54 Å². The zero-order valence-corrected chi connectivity index (χ0v) is 8.06. The molecule has 4 nitrogen and oxygen atoms in total. The summed E-state index contributed by atoms with van der Waals surface area (Å²) in [4.78, 5) is 12.4. The van der Waals surface area contributed by atoms with Crippen molar-refractivity contribution in [2.24, 2.45) is 5.73 Å². The zero-order chi connectivity index (χ0) is 7.98. The molecule has 0 aliphatic carbocycles. The molecule has 5 N–H and O–H groups in total. The molecule has 12 heavy (non-hydrogen) atoms. The van der Waals surface area contributed by atoms with Crippen molar-refractivity contribution in [2.45, 2.75) is 6.42 Å². The summed E-state index contributed by atoms with van der Waals surface area (Å²) in [6, 6.07) is 0. The van der Waals surface area contributed by atoms with Crippen molar-refractivity contribution in [1.82, 2.24) is 11.1 Å². The Labute approximate surface area is 79.5 Å². The third-order valence-electron chi connectivity index (χ3n) is 1.11. The lowest BCUT2D eigenvalue weighted by Crippen LogP contribution is -2.28. The molecule has 0 aliphatic rings. The number of amides is 1. The Kier molecular flexibility index (Phi) is 14.8. The van der Waals surface area contributed by atoms with Crippen LogP contribution in [0.2, 0.25) is 0 Å². The number of carbonyl (C=O) groups is 1. The minimum absolute atomic E-state index is 0. The fraction of sp³-hybridized carbons (Fsp3) is 0.571. The quantitative estimate of drug-likeness (QED) is 0.620. The van der Waals surface area contributed by atoms with E-state index in [0.717, 1.165) is 0 Å². The second-order valence-corrected chi connectivity index (χ2v) is 1.99. The molecule has 0 saturated heterocycles. The fourth-order valence-corrected chi connectivity index (χ4v) is 0.539. The summed E-state index contributed by atoms with van der Waals surface area (Å²) >= 11 is 0. The molecule has 0 aromatic heterocycles. The molecule has 5 heteroatoms. The Morgan fingerprint density at radius 3 is 2.50 bits per heavy atom. The summed E-state index contributed by atoms with van der Waals surface area (Å²) in [5.41, 5.74) is 5.16. The SMILES string of the molecule is C#CCN(C)C(=O)CCN.Cl.N. The molecule has 0 unspecified atom stereocenters. The van der Waals surface area contributed by atoms with Crippen LogP contribution in [0.3, 0.4) is 0 Å². The van der Waals surface area contributed by atoms with Gasteiger partial charge in [0.1, 0.15) is 0 Å². The summed E-state index contributed by atoms with van der Waals surface area (Å²) in [5, 5.41) is 0. The largest absolute Gasteiger partial charge is 0.344 e. The van der Waals surface area contributed by atoms with E-state index >= 15 is 0 Å². The monoisotopic (exact) mass is 193 g/mol. The molecule has 0 aromatic rings. The molecule has 0 fully saturated rings. The van der Waals surface area contributed by atoms with Crippen LogP contribution in [0, 0.1) is 12.3 Å². The number of hydrogen-bond donors (Lipinski definition) is 2. The van der Waals surface area contributed by atoms with Crippen molar-refractivity contribution < 1.29 is 4.79 Å². The first-order valence-electron chi connectivity index (χ1n) is 3.10. The van der Waals surface area contributed by atoms with Crippen molar-refractivity contribution in [3.05, 3.63) is 0 Å². The van der Waals surface area contributed by atoms with Crippen LogP contribution < -0.4 is 11.9 Å². The van der Waals surface area contributed by atoms with Gasteiger partial charge in [0, 0.05) is 20.0 Å². The van der Waals surface area contributed by atoms with Crippen molar-refractivity contribution in [3.63, 3.8) is 0 Å². The van der Waals surface area contributed by atoms with Crippen LogP contribution >= 0.6 is 12.4 Å². The number of rotatable bonds is 3. The molecule has 0 aromatic carbocycles. The first-order valence-corrected chi connectivity index (χ1v) is 3.10. The van der Waals surface area contributed by atoms with Crippen LogP contribution in [0.15, 0.2) is 0 Å². The topological polar surface area (TPSA) is 81.3 Å². The van der Waals surface area contributed by atoms with Gasteiger partial charge in [-0.3, -0.25) is 4.79 Å². The summed E-state index contributed by atoms with van der Waals surface area (Å²) in [5.74, 6) is 2.37. The van der Waals surface area contributed by atoms with E-state index in [9.17, 15) is 4.79 Å². The Morgan fingerprint density at radius 2 is 2.17 bits per heavy atom. The molecule has 0 atom stereocenters. The van der Waals surface area contributed by atoms with Crippen LogP contribution in [-0.2, 0) is 4.79 Å². The summed E-state index contributed by atoms with van der Waals surface area (Å²) in [6.07, 6.45) is 5.36. The number of carbonyl (C=O) groups excluding carboxylic acids is 1. The van der Waals surface area contributed by atoms with E-state index in [4.69, 9.17) is 12.2 Å². The molecule has 0 bridgehead atoms. The van der Waals surface area contributed by atoms with Crippen LogP contribution in [0.4, 0.5) is 0 Å². The van der Waals surface area contributed by atoms with E-state index in [1.165, 1.54) is 4.90 Å². The van der Waals surface area contributed by atoms with Crippen LogP contribution in [0.5, 0.6) is 0 Å². The number of halogens is 1. The molecule has 0 heterocycles. The minimum atomic E-state index is 0. The summed E-state index contributed by atoms with van der Waals surface area (Å²) in [7, 11) is 1.66. The van der Waals surface area contributed by atoms with Crippen molar-refractivity contribution in [3.8, 4) is 12.3 Å². The standard InChI is InChI=1S/C7H12N2O.ClH.H3N/c1-3-6-9(2)7(10)4-5-8;;/h1H,4-6,8H2,2H3;1H;1H3. The lowest BCUT2D eigenvalue weighted by atomic mass is 10.4. The number of terminal acetylenes is 1. The fourth-order valence-electron chi connectivity index (χ4n) is 0.539. The van der Waals surface area contributed by atoms with E-state index in [2.05, 4.69) is 5.92 Å². The molecule has 0 saturated carbocycles. The van der Waals surface area contributed by atoms with Gasteiger partial charge in [-0.2, -0.15) is 0 Å². The maximum atomic E-state index is 10.9. The molecule has 1 amide bonds. The highest BCUT2D eigenvalue weighted by molar-refractivity contribution is 5.85. The number of nitrogens with two attached hydrogens (primary N) is 1. The van der Waals surface area contributed by atoms with Gasteiger partial charge in [-0.05, 0) is 0 Å². The van der Waals surface area contributed by atoms with E-state index in [1.807, 2.05) is 0 Å².